The van der Waals surface area contributed by atoms with Crippen LogP contribution in [0.2, 0.25) is 0 Å². The zero-order valence-corrected chi connectivity index (χ0v) is 9.93. The van der Waals surface area contributed by atoms with Crippen molar-refractivity contribution in [3.63, 3.8) is 0 Å². The molecule has 0 aliphatic carbocycles. The van der Waals surface area contributed by atoms with Crippen LogP contribution in [0.25, 0.3) is 0 Å². The molecule has 0 spiro atoms. The molecule has 1 aromatic rings. The fourth-order valence-corrected chi connectivity index (χ4v) is 1.34. The summed E-state index contributed by atoms with van der Waals surface area (Å²) in [6.45, 7) is 5.51. The maximum atomic E-state index is 5.64. The Kier molecular flexibility index (Phi) is 5.02. The standard InChI is InChI=1S/C12H15NOS/c1-10-5-3-6-12(11(10)2)14-8-4-7-13-9-15/h3,5-6H,4,7-8H2,1-2H3. The zero-order chi connectivity index (χ0) is 11.1. The molecular formula is C12H15NOS. The van der Waals surface area contributed by atoms with E-state index in [0.717, 1.165) is 12.2 Å². The Morgan fingerprint density at radius 2 is 2.20 bits per heavy atom. The fraction of sp³-hybridized carbons (Fsp3) is 0.417. The minimum absolute atomic E-state index is 0.671. The lowest BCUT2D eigenvalue weighted by Gasteiger charge is -2.09. The molecule has 2 nitrogen and oxygen atoms in total. The van der Waals surface area contributed by atoms with Gasteiger partial charge < -0.3 is 4.74 Å². The lowest BCUT2D eigenvalue weighted by Crippen LogP contribution is -2.00. The van der Waals surface area contributed by atoms with Crippen LogP contribution in [-0.4, -0.2) is 18.3 Å². The summed E-state index contributed by atoms with van der Waals surface area (Å²) in [6, 6.07) is 6.08. The van der Waals surface area contributed by atoms with Gasteiger partial charge in [0.1, 0.15) is 5.75 Å². The van der Waals surface area contributed by atoms with Gasteiger partial charge in [-0.05, 0) is 43.3 Å². The van der Waals surface area contributed by atoms with Crippen LogP contribution in [0.4, 0.5) is 0 Å². The molecule has 15 heavy (non-hydrogen) atoms. The van der Waals surface area contributed by atoms with E-state index in [0.29, 0.717) is 13.2 Å². The summed E-state index contributed by atoms with van der Waals surface area (Å²) < 4.78 is 5.64. The third-order valence-electron chi connectivity index (χ3n) is 2.29. The highest BCUT2D eigenvalue weighted by Gasteiger charge is 2.00. The van der Waals surface area contributed by atoms with E-state index in [9.17, 15) is 0 Å². The third-order valence-corrected chi connectivity index (χ3v) is 2.42. The molecule has 0 saturated carbocycles. The minimum atomic E-state index is 0.671. The van der Waals surface area contributed by atoms with Gasteiger partial charge in [-0.3, -0.25) is 0 Å². The predicted molar refractivity (Wildman–Crippen MR) is 65.9 cm³/mol. The quantitative estimate of drug-likeness (QED) is 0.433. The lowest BCUT2D eigenvalue weighted by molar-refractivity contribution is 0.311. The second-order valence-electron chi connectivity index (χ2n) is 3.37. The van der Waals surface area contributed by atoms with E-state index >= 15 is 0 Å². The Morgan fingerprint density at radius 1 is 1.40 bits per heavy atom. The average molecular weight is 221 g/mol. The molecule has 0 aliphatic heterocycles. The van der Waals surface area contributed by atoms with E-state index in [2.05, 4.69) is 42.3 Å². The Balaban J connectivity index is 2.44. The number of aliphatic imine (C=N–C) groups is 1. The first-order valence-corrected chi connectivity index (χ1v) is 5.39. The number of hydrogen-bond acceptors (Lipinski definition) is 3. The first-order valence-electron chi connectivity index (χ1n) is 4.98. The van der Waals surface area contributed by atoms with Crippen LogP contribution >= 0.6 is 12.2 Å². The van der Waals surface area contributed by atoms with E-state index in [4.69, 9.17) is 4.74 Å². The van der Waals surface area contributed by atoms with Gasteiger partial charge in [0.25, 0.3) is 0 Å². The van der Waals surface area contributed by atoms with Crippen molar-refractivity contribution in [2.24, 2.45) is 4.99 Å². The average Bonchev–Trinajstić information content (AvgIpc) is 2.24. The van der Waals surface area contributed by atoms with Gasteiger partial charge in [0.05, 0.1) is 18.3 Å². The normalized spacial score (nSPS) is 9.47. The molecular weight excluding hydrogens is 206 g/mol. The summed E-state index contributed by atoms with van der Waals surface area (Å²) in [6.07, 6.45) is 0.872. The summed E-state index contributed by atoms with van der Waals surface area (Å²) in [5, 5.41) is 2.34. The molecule has 80 valence electrons. The number of hydrogen-bond donors (Lipinski definition) is 0. The van der Waals surface area contributed by atoms with Crippen LogP contribution in [0.3, 0.4) is 0 Å². The second kappa shape index (κ2) is 6.33. The molecule has 0 amide bonds. The highest BCUT2D eigenvalue weighted by molar-refractivity contribution is 7.78. The largest absolute Gasteiger partial charge is 0.493 e. The van der Waals surface area contributed by atoms with Crippen molar-refractivity contribution in [3.8, 4) is 5.75 Å². The van der Waals surface area contributed by atoms with Crippen LogP contribution in [0, 0.1) is 13.8 Å². The minimum Gasteiger partial charge on any atom is -0.493 e. The van der Waals surface area contributed by atoms with Crippen molar-refractivity contribution in [1.82, 2.24) is 0 Å². The first-order chi connectivity index (χ1) is 7.25. The molecule has 0 atom stereocenters. The lowest BCUT2D eigenvalue weighted by atomic mass is 10.1. The van der Waals surface area contributed by atoms with E-state index < -0.39 is 0 Å². The topological polar surface area (TPSA) is 21.6 Å². The van der Waals surface area contributed by atoms with E-state index in [1.54, 1.807) is 0 Å². The number of isothiocyanates is 1. The van der Waals surface area contributed by atoms with Gasteiger partial charge in [-0.1, -0.05) is 12.1 Å². The van der Waals surface area contributed by atoms with Crippen molar-refractivity contribution in [2.45, 2.75) is 20.3 Å². The number of benzene rings is 1. The molecule has 1 rings (SSSR count). The van der Waals surface area contributed by atoms with Gasteiger partial charge in [0.2, 0.25) is 0 Å². The summed E-state index contributed by atoms with van der Waals surface area (Å²) in [5.74, 6) is 0.960. The second-order valence-corrected chi connectivity index (χ2v) is 3.56. The summed E-state index contributed by atoms with van der Waals surface area (Å²) in [7, 11) is 0. The molecule has 0 N–H and O–H groups in total. The number of ether oxygens (including phenoxy) is 1. The Hall–Kier alpha value is -1.18. The molecule has 0 unspecified atom stereocenters. The summed E-state index contributed by atoms with van der Waals surface area (Å²) in [4.78, 5) is 3.83. The molecule has 0 aliphatic rings. The Morgan fingerprint density at radius 3 is 2.93 bits per heavy atom. The maximum absolute atomic E-state index is 5.64. The third kappa shape index (κ3) is 3.82. The van der Waals surface area contributed by atoms with Crippen molar-refractivity contribution in [2.75, 3.05) is 13.2 Å². The van der Waals surface area contributed by atoms with E-state index in [1.165, 1.54) is 11.1 Å². The van der Waals surface area contributed by atoms with Gasteiger partial charge >= 0.3 is 0 Å². The molecule has 0 bridgehead atoms. The summed E-state index contributed by atoms with van der Waals surface area (Å²) >= 11 is 4.48. The Labute approximate surface area is 96.0 Å². The predicted octanol–water partition coefficient (Wildman–Crippen LogP) is 3.18. The van der Waals surface area contributed by atoms with E-state index in [1.807, 2.05) is 12.1 Å². The molecule has 3 heteroatoms. The van der Waals surface area contributed by atoms with Gasteiger partial charge in [-0.2, -0.15) is 0 Å². The molecule has 1 aromatic carbocycles. The van der Waals surface area contributed by atoms with Crippen molar-refractivity contribution in [1.29, 1.82) is 0 Å². The van der Waals surface area contributed by atoms with Crippen LogP contribution < -0.4 is 4.74 Å². The van der Waals surface area contributed by atoms with Crippen LogP contribution in [0.1, 0.15) is 17.5 Å². The van der Waals surface area contributed by atoms with Crippen molar-refractivity contribution >= 4 is 17.4 Å². The van der Waals surface area contributed by atoms with Gasteiger partial charge in [-0.15, -0.1) is 0 Å². The highest BCUT2D eigenvalue weighted by atomic mass is 32.1. The van der Waals surface area contributed by atoms with Crippen LogP contribution in [0.5, 0.6) is 5.75 Å². The summed E-state index contributed by atoms with van der Waals surface area (Å²) in [5.41, 5.74) is 2.46. The zero-order valence-electron chi connectivity index (χ0n) is 9.12. The van der Waals surface area contributed by atoms with E-state index in [-0.39, 0.29) is 0 Å². The highest BCUT2D eigenvalue weighted by Crippen LogP contribution is 2.20. The molecule has 0 aromatic heterocycles. The van der Waals surface area contributed by atoms with Crippen molar-refractivity contribution < 1.29 is 4.74 Å². The van der Waals surface area contributed by atoms with Crippen LogP contribution in [0.15, 0.2) is 23.2 Å². The monoisotopic (exact) mass is 221 g/mol. The maximum Gasteiger partial charge on any atom is 0.122 e. The SMILES string of the molecule is Cc1cccc(OCCCN=C=S)c1C. The fourth-order valence-electron chi connectivity index (χ4n) is 1.25. The number of aryl methyl sites for hydroxylation is 1. The van der Waals surface area contributed by atoms with Gasteiger partial charge in [0, 0.05) is 6.42 Å². The molecule has 0 heterocycles. The smallest absolute Gasteiger partial charge is 0.122 e. The van der Waals surface area contributed by atoms with Crippen molar-refractivity contribution in [3.05, 3.63) is 29.3 Å². The molecule has 0 saturated heterocycles. The Bertz CT molecular complexity index is 370. The first kappa shape index (κ1) is 11.9. The van der Waals surface area contributed by atoms with Crippen LogP contribution in [-0.2, 0) is 0 Å². The van der Waals surface area contributed by atoms with Gasteiger partial charge in [0.15, 0.2) is 0 Å². The molecule has 0 fully saturated rings. The number of rotatable bonds is 5. The van der Waals surface area contributed by atoms with Gasteiger partial charge in [-0.25, -0.2) is 4.99 Å². The number of thiocarbonyl (C=S) groups is 1. The molecule has 0 radical (unpaired) electrons. The number of nitrogens with zero attached hydrogens (tertiary/aromatic N) is 1.